The van der Waals surface area contributed by atoms with Gasteiger partial charge in [-0.2, -0.15) is 0 Å². The van der Waals surface area contributed by atoms with Crippen molar-refractivity contribution in [2.45, 2.75) is 33.8 Å². The molecule has 1 rings (SSSR count). The molecule has 0 aliphatic carbocycles. The first-order chi connectivity index (χ1) is 6.01. The first kappa shape index (κ1) is 10.3. The lowest BCUT2D eigenvalue weighted by atomic mass is 9.92. The Hall–Kier alpha value is -0.830. The van der Waals surface area contributed by atoms with Crippen LogP contribution in [0.5, 0.6) is 0 Å². The quantitative estimate of drug-likeness (QED) is 0.721. The number of ether oxygens (including phenoxy) is 1. The van der Waals surface area contributed by atoms with Crippen molar-refractivity contribution in [1.82, 2.24) is 4.98 Å². The van der Waals surface area contributed by atoms with Crippen LogP contribution in [0.15, 0.2) is 10.7 Å². The Morgan fingerprint density at radius 1 is 1.46 bits per heavy atom. The molecule has 0 atom stereocenters. The maximum atomic E-state index is 5.30. The lowest BCUT2D eigenvalue weighted by Gasteiger charge is -2.14. The Morgan fingerprint density at radius 2 is 2.15 bits per heavy atom. The predicted octanol–water partition coefficient (Wildman–Crippen LogP) is 2.41. The molecule has 13 heavy (non-hydrogen) atoms. The van der Waals surface area contributed by atoms with Crippen molar-refractivity contribution in [2.24, 2.45) is 5.41 Å². The van der Waals surface area contributed by atoms with E-state index in [1.807, 2.05) is 0 Å². The minimum absolute atomic E-state index is 0.217. The maximum absolute atomic E-state index is 5.30. The smallest absolute Gasteiger partial charge is 0.194 e. The highest BCUT2D eigenvalue weighted by molar-refractivity contribution is 4.96. The molecule has 0 saturated carbocycles. The van der Waals surface area contributed by atoms with Crippen LogP contribution in [0.4, 0.5) is 0 Å². The monoisotopic (exact) mass is 183 g/mol. The summed E-state index contributed by atoms with van der Waals surface area (Å²) in [4.78, 5) is 4.29. The summed E-state index contributed by atoms with van der Waals surface area (Å²) < 4.78 is 10.3. The first-order valence-corrected chi connectivity index (χ1v) is 4.43. The molecule has 0 unspecified atom stereocenters. The van der Waals surface area contributed by atoms with Crippen LogP contribution >= 0.6 is 0 Å². The van der Waals surface area contributed by atoms with E-state index in [9.17, 15) is 0 Å². The number of oxazole rings is 1. The molecule has 74 valence electrons. The van der Waals surface area contributed by atoms with Crippen molar-refractivity contribution < 1.29 is 9.15 Å². The molecule has 0 spiro atoms. The summed E-state index contributed by atoms with van der Waals surface area (Å²) in [7, 11) is 1.65. The maximum Gasteiger partial charge on any atom is 0.194 e. The molecule has 3 nitrogen and oxygen atoms in total. The minimum atomic E-state index is 0.217. The van der Waals surface area contributed by atoms with Crippen LogP contribution in [-0.4, -0.2) is 12.1 Å². The summed E-state index contributed by atoms with van der Waals surface area (Å²) in [5.74, 6) is 0.791. The summed E-state index contributed by atoms with van der Waals surface area (Å²) in [6.45, 7) is 7.00. The molecule has 1 heterocycles. The fourth-order valence-electron chi connectivity index (χ4n) is 1.10. The van der Waals surface area contributed by atoms with E-state index in [4.69, 9.17) is 9.15 Å². The molecule has 0 aromatic carbocycles. The fourth-order valence-corrected chi connectivity index (χ4v) is 1.10. The molecule has 1 aromatic rings. The van der Waals surface area contributed by atoms with Crippen molar-refractivity contribution in [3.8, 4) is 0 Å². The van der Waals surface area contributed by atoms with Crippen molar-refractivity contribution in [3.63, 3.8) is 0 Å². The van der Waals surface area contributed by atoms with E-state index in [1.165, 1.54) is 0 Å². The van der Waals surface area contributed by atoms with Crippen LogP contribution in [0.3, 0.4) is 0 Å². The third-order valence-corrected chi connectivity index (χ3v) is 1.57. The normalized spacial score (nSPS) is 12.0. The van der Waals surface area contributed by atoms with Crippen LogP contribution in [0.25, 0.3) is 0 Å². The zero-order valence-electron chi connectivity index (χ0n) is 8.76. The zero-order chi connectivity index (χ0) is 9.90. The summed E-state index contributed by atoms with van der Waals surface area (Å²) >= 11 is 0. The lowest BCUT2D eigenvalue weighted by Crippen LogP contribution is -2.09. The van der Waals surface area contributed by atoms with Gasteiger partial charge in [-0.1, -0.05) is 20.8 Å². The number of aromatic nitrogens is 1. The molecule has 3 heteroatoms. The Balaban J connectivity index is 2.59. The minimum Gasteiger partial charge on any atom is -0.449 e. The van der Waals surface area contributed by atoms with Gasteiger partial charge in [-0.15, -0.1) is 0 Å². The van der Waals surface area contributed by atoms with Crippen LogP contribution < -0.4 is 0 Å². The van der Waals surface area contributed by atoms with E-state index >= 15 is 0 Å². The van der Waals surface area contributed by atoms with Crippen molar-refractivity contribution >= 4 is 0 Å². The van der Waals surface area contributed by atoms with Gasteiger partial charge in [-0.25, -0.2) is 4.98 Å². The number of hydrogen-bond donors (Lipinski definition) is 0. The highest BCUT2D eigenvalue weighted by atomic mass is 16.5. The molecule has 0 saturated heterocycles. The van der Waals surface area contributed by atoms with Gasteiger partial charge < -0.3 is 9.15 Å². The van der Waals surface area contributed by atoms with Crippen molar-refractivity contribution in [3.05, 3.63) is 17.8 Å². The van der Waals surface area contributed by atoms with Gasteiger partial charge >= 0.3 is 0 Å². The molecular formula is C10H17NO2. The summed E-state index contributed by atoms with van der Waals surface area (Å²) in [6, 6.07) is 0. The first-order valence-electron chi connectivity index (χ1n) is 4.43. The van der Waals surface area contributed by atoms with Gasteiger partial charge in [0.2, 0.25) is 0 Å². The van der Waals surface area contributed by atoms with E-state index in [-0.39, 0.29) is 5.41 Å². The van der Waals surface area contributed by atoms with E-state index in [2.05, 4.69) is 25.8 Å². The number of rotatable bonds is 3. The van der Waals surface area contributed by atoms with E-state index < -0.39 is 0 Å². The van der Waals surface area contributed by atoms with Gasteiger partial charge in [0.05, 0.1) is 6.61 Å². The molecule has 1 aromatic heterocycles. The number of hydrogen-bond acceptors (Lipinski definition) is 3. The Kier molecular flexibility index (Phi) is 3.09. The average molecular weight is 183 g/mol. The van der Waals surface area contributed by atoms with E-state index in [0.717, 1.165) is 18.0 Å². The molecule has 0 aliphatic heterocycles. The van der Waals surface area contributed by atoms with Crippen molar-refractivity contribution in [1.29, 1.82) is 0 Å². The van der Waals surface area contributed by atoms with Gasteiger partial charge in [0.1, 0.15) is 12.0 Å². The molecular weight excluding hydrogens is 166 g/mol. The molecule has 0 aliphatic rings. The van der Waals surface area contributed by atoms with Gasteiger partial charge in [0, 0.05) is 13.5 Å². The summed E-state index contributed by atoms with van der Waals surface area (Å²) in [5.41, 5.74) is 1.08. The lowest BCUT2D eigenvalue weighted by molar-refractivity contribution is 0.181. The summed E-state index contributed by atoms with van der Waals surface area (Å²) in [6.07, 6.45) is 2.52. The second-order valence-electron chi connectivity index (χ2n) is 4.40. The van der Waals surface area contributed by atoms with Crippen LogP contribution in [0.1, 0.15) is 32.4 Å². The highest BCUT2D eigenvalue weighted by Gasteiger charge is 2.15. The van der Waals surface area contributed by atoms with Gasteiger partial charge in [-0.3, -0.25) is 0 Å². The summed E-state index contributed by atoms with van der Waals surface area (Å²) in [5, 5.41) is 0. The second kappa shape index (κ2) is 3.92. The Bertz CT molecular complexity index is 260. The van der Waals surface area contributed by atoms with Gasteiger partial charge in [0.25, 0.3) is 0 Å². The Labute approximate surface area is 79.1 Å². The third kappa shape index (κ3) is 3.59. The highest BCUT2D eigenvalue weighted by Crippen LogP contribution is 2.19. The molecule has 0 bridgehead atoms. The topological polar surface area (TPSA) is 35.3 Å². The zero-order valence-corrected chi connectivity index (χ0v) is 8.76. The largest absolute Gasteiger partial charge is 0.449 e. The fraction of sp³-hybridized carbons (Fsp3) is 0.700. The number of nitrogens with zero attached hydrogens (tertiary/aromatic N) is 1. The van der Waals surface area contributed by atoms with E-state index in [1.54, 1.807) is 13.4 Å². The third-order valence-electron chi connectivity index (χ3n) is 1.57. The average Bonchev–Trinajstić information content (AvgIpc) is 2.33. The molecule has 0 N–H and O–H groups in total. The SMILES string of the molecule is COCc1coc(CC(C)(C)C)n1. The molecule has 0 amide bonds. The molecule has 0 radical (unpaired) electrons. The van der Waals surface area contributed by atoms with Crippen LogP contribution in [-0.2, 0) is 17.8 Å². The molecule has 0 fully saturated rings. The van der Waals surface area contributed by atoms with Crippen molar-refractivity contribution in [2.75, 3.05) is 7.11 Å². The van der Waals surface area contributed by atoms with Gasteiger partial charge in [0.15, 0.2) is 5.89 Å². The Morgan fingerprint density at radius 3 is 2.69 bits per heavy atom. The van der Waals surface area contributed by atoms with Crippen LogP contribution in [0, 0.1) is 5.41 Å². The standard InChI is InChI=1S/C10H17NO2/c1-10(2,3)5-9-11-8(6-12-4)7-13-9/h7H,5-6H2,1-4H3. The number of methoxy groups -OCH3 is 1. The van der Waals surface area contributed by atoms with E-state index in [0.29, 0.717) is 6.61 Å². The van der Waals surface area contributed by atoms with Gasteiger partial charge in [-0.05, 0) is 5.41 Å². The van der Waals surface area contributed by atoms with Crippen LogP contribution in [0.2, 0.25) is 0 Å². The second-order valence-corrected chi connectivity index (χ2v) is 4.40. The predicted molar refractivity (Wildman–Crippen MR) is 50.4 cm³/mol.